The second kappa shape index (κ2) is 5.36. The van der Waals surface area contributed by atoms with Gasteiger partial charge in [0.05, 0.1) is 0 Å². The third-order valence-corrected chi connectivity index (χ3v) is 3.47. The van der Waals surface area contributed by atoms with Gasteiger partial charge in [0.25, 0.3) is 5.95 Å². The van der Waals surface area contributed by atoms with E-state index in [-0.39, 0.29) is 5.69 Å². The molecular weight excluding hydrogens is 294 g/mol. The molecule has 2 N–H and O–H groups in total. The summed E-state index contributed by atoms with van der Waals surface area (Å²) >= 11 is 1.15. The van der Waals surface area contributed by atoms with Crippen molar-refractivity contribution >= 4 is 17.7 Å². The maximum atomic E-state index is 11.4. The fraction of sp³-hybridized carbons (Fsp3) is 0.200. The van der Waals surface area contributed by atoms with Gasteiger partial charge < -0.3 is 5.32 Å². The van der Waals surface area contributed by atoms with E-state index < -0.39 is 0 Å². The quantitative estimate of drug-likeness (QED) is 0.672. The van der Waals surface area contributed by atoms with Gasteiger partial charge in [-0.15, -0.1) is 5.10 Å². The minimum atomic E-state index is -0.298. The van der Waals surface area contributed by atoms with Crippen LogP contribution in [0, 0.1) is 0 Å². The summed E-state index contributed by atoms with van der Waals surface area (Å²) in [4.78, 5) is 24.1. The summed E-state index contributed by atoms with van der Waals surface area (Å²) in [5.41, 5.74) is -0.298. The monoisotopic (exact) mass is 305 g/mol. The number of aromatic amines is 1. The Hall–Kier alpha value is -2.69. The molecule has 0 radical (unpaired) electrons. The Morgan fingerprint density at radius 2 is 2.19 bits per heavy atom. The van der Waals surface area contributed by atoms with Crippen molar-refractivity contribution in [2.45, 2.75) is 10.3 Å². The summed E-state index contributed by atoms with van der Waals surface area (Å²) in [6.45, 7) is 0. The van der Waals surface area contributed by atoms with Crippen LogP contribution in [0.5, 0.6) is 0 Å². The molecular formula is C10H11N9OS. The number of aromatic nitrogens is 8. The van der Waals surface area contributed by atoms with E-state index in [1.807, 2.05) is 0 Å². The molecule has 3 aromatic rings. The lowest BCUT2D eigenvalue weighted by molar-refractivity contribution is 0.746. The summed E-state index contributed by atoms with van der Waals surface area (Å²) < 4.78 is 2.90. The van der Waals surface area contributed by atoms with E-state index in [0.29, 0.717) is 22.2 Å². The number of hydrogen-bond acceptors (Lipinski definition) is 8. The second-order valence-electron chi connectivity index (χ2n) is 3.91. The maximum absolute atomic E-state index is 11.4. The van der Waals surface area contributed by atoms with Crippen molar-refractivity contribution < 1.29 is 0 Å². The van der Waals surface area contributed by atoms with Gasteiger partial charge in [-0.25, -0.2) is 14.6 Å². The predicted molar refractivity (Wildman–Crippen MR) is 74.4 cm³/mol. The molecule has 10 nitrogen and oxygen atoms in total. The van der Waals surface area contributed by atoms with Crippen LogP contribution >= 0.6 is 11.8 Å². The largest absolute Gasteiger partial charge is 0.357 e. The molecule has 0 aromatic carbocycles. The Bertz CT molecular complexity index is 806. The highest BCUT2D eigenvalue weighted by atomic mass is 32.2. The van der Waals surface area contributed by atoms with Crippen LogP contribution in [-0.4, -0.2) is 46.5 Å². The first-order chi connectivity index (χ1) is 10.2. The predicted octanol–water partition coefficient (Wildman–Crippen LogP) is -0.328. The van der Waals surface area contributed by atoms with E-state index in [0.717, 1.165) is 11.8 Å². The molecule has 0 atom stereocenters. The van der Waals surface area contributed by atoms with Crippen molar-refractivity contribution in [2.24, 2.45) is 7.05 Å². The van der Waals surface area contributed by atoms with Gasteiger partial charge in [-0.2, -0.15) is 20.1 Å². The van der Waals surface area contributed by atoms with Gasteiger partial charge in [0.2, 0.25) is 11.1 Å². The normalized spacial score (nSPS) is 10.8. The first kappa shape index (κ1) is 13.3. The first-order valence-corrected chi connectivity index (χ1v) is 6.72. The Morgan fingerprint density at radius 3 is 2.81 bits per heavy atom. The van der Waals surface area contributed by atoms with E-state index in [4.69, 9.17) is 0 Å². The molecule has 0 amide bonds. The van der Waals surface area contributed by atoms with Crippen LogP contribution in [0.1, 0.15) is 0 Å². The maximum Gasteiger partial charge on any atom is 0.343 e. The number of nitrogens with zero attached hydrogens (tertiary/aromatic N) is 7. The molecule has 0 aliphatic rings. The van der Waals surface area contributed by atoms with Crippen LogP contribution in [0.15, 0.2) is 33.6 Å². The van der Waals surface area contributed by atoms with Gasteiger partial charge in [-0.3, -0.25) is 4.57 Å². The molecule has 21 heavy (non-hydrogen) atoms. The average Bonchev–Trinajstić information content (AvgIpc) is 3.13. The summed E-state index contributed by atoms with van der Waals surface area (Å²) in [6.07, 6.45) is 3.36. The van der Waals surface area contributed by atoms with Crippen LogP contribution in [-0.2, 0) is 7.05 Å². The smallest absolute Gasteiger partial charge is 0.343 e. The standard InChI is InChI=1S/C10H11N9OS/c1-11-6-13-7(19-5-3-4-12-19)15-8(14-6)21-10-17-16-9(20)18(10)2/h3-5H,1-2H3,(H,16,20)(H,11,13,14,15). The van der Waals surface area contributed by atoms with Gasteiger partial charge >= 0.3 is 5.69 Å². The molecule has 0 aliphatic carbocycles. The number of rotatable bonds is 4. The van der Waals surface area contributed by atoms with Crippen molar-refractivity contribution in [2.75, 3.05) is 12.4 Å². The van der Waals surface area contributed by atoms with Crippen molar-refractivity contribution in [3.63, 3.8) is 0 Å². The summed E-state index contributed by atoms with van der Waals surface area (Å²) in [7, 11) is 3.32. The van der Waals surface area contributed by atoms with Crippen molar-refractivity contribution in [3.05, 3.63) is 28.9 Å². The fourth-order valence-corrected chi connectivity index (χ4v) is 2.23. The number of nitrogens with one attached hydrogen (secondary N) is 2. The lowest BCUT2D eigenvalue weighted by Crippen LogP contribution is -2.13. The minimum absolute atomic E-state index is 0.298. The average molecular weight is 305 g/mol. The molecule has 3 heterocycles. The summed E-state index contributed by atoms with van der Waals surface area (Å²) in [5, 5.41) is 14.1. The highest BCUT2D eigenvalue weighted by molar-refractivity contribution is 7.99. The van der Waals surface area contributed by atoms with Crippen LogP contribution in [0.4, 0.5) is 5.95 Å². The fourth-order valence-electron chi connectivity index (χ4n) is 1.50. The lowest BCUT2D eigenvalue weighted by Gasteiger charge is -2.05. The zero-order valence-electron chi connectivity index (χ0n) is 11.2. The first-order valence-electron chi connectivity index (χ1n) is 5.90. The highest BCUT2D eigenvalue weighted by Gasteiger charge is 2.12. The molecule has 0 unspecified atom stereocenters. The third-order valence-electron chi connectivity index (χ3n) is 2.56. The summed E-state index contributed by atoms with van der Waals surface area (Å²) in [5.74, 6) is 0.779. The molecule has 0 fully saturated rings. The molecule has 0 spiro atoms. The van der Waals surface area contributed by atoms with Gasteiger partial charge in [0.1, 0.15) is 0 Å². The molecule has 108 valence electrons. The number of H-pyrrole nitrogens is 1. The zero-order valence-corrected chi connectivity index (χ0v) is 12.0. The third kappa shape index (κ3) is 2.63. The Morgan fingerprint density at radius 1 is 1.33 bits per heavy atom. The SMILES string of the molecule is CNc1nc(Sc2n[nH]c(=O)n2C)nc(-n2cccn2)n1. The second-order valence-corrected chi connectivity index (χ2v) is 4.85. The van der Waals surface area contributed by atoms with Gasteiger partial charge in [-0.1, -0.05) is 0 Å². The molecule has 3 rings (SSSR count). The van der Waals surface area contributed by atoms with Gasteiger partial charge in [0, 0.05) is 26.5 Å². The van der Waals surface area contributed by atoms with E-state index in [1.165, 1.54) is 9.25 Å². The van der Waals surface area contributed by atoms with Gasteiger partial charge in [0.15, 0.2) is 5.16 Å². The van der Waals surface area contributed by atoms with Crippen LogP contribution < -0.4 is 11.0 Å². The Kier molecular flexibility index (Phi) is 3.39. The minimum Gasteiger partial charge on any atom is -0.357 e. The number of anilines is 1. The molecule has 0 aliphatic heterocycles. The van der Waals surface area contributed by atoms with E-state index in [1.54, 1.807) is 32.6 Å². The van der Waals surface area contributed by atoms with E-state index >= 15 is 0 Å². The lowest BCUT2D eigenvalue weighted by atomic mass is 10.7. The topological polar surface area (TPSA) is 119 Å². The zero-order chi connectivity index (χ0) is 14.8. The van der Waals surface area contributed by atoms with Crippen molar-refractivity contribution in [3.8, 4) is 5.95 Å². The molecule has 3 aromatic heterocycles. The van der Waals surface area contributed by atoms with E-state index in [2.05, 4.69) is 35.6 Å². The summed E-state index contributed by atoms with van der Waals surface area (Å²) in [6, 6.07) is 1.77. The van der Waals surface area contributed by atoms with Crippen molar-refractivity contribution in [1.29, 1.82) is 0 Å². The molecule has 0 bridgehead atoms. The van der Waals surface area contributed by atoms with Crippen LogP contribution in [0.3, 0.4) is 0 Å². The Labute approximate surface area is 122 Å². The molecule has 11 heteroatoms. The number of hydrogen-bond donors (Lipinski definition) is 2. The van der Waals surface area contributed by atoms with Crippen LogP contribution in [0.2, 0.25) is 0 Å². The molecule has 0 saturated heterocycles. The molecule has 0 saturated carbocycles. The van der Waals surface area contributed by atoms with Crippen LogP contribution in [0.25, 0.3) is 5.95 Å². The van der Waals surface area contributed by atoms with E-state index in [9.17, 15) is 4.79 Å². The van der Waals surface area contributed by atoms with Gasteiger partial charge in [-0.05, 0) is 17.8 Å². The Balaban J connectivity index is 2.00. The van der Waals surface area contributed by atoms with Crippen molar-refractivity contribution in [1.82, 2.24) is 39.5 Å². The highest BCUT2D eigenvalue weighted by Crippen LogP contribution is 2.22.